The van der Waals surface area contributed by atoms with Crippen LogP contribution in [0.1, 0.15) is 66.7 Å². The van der Waals surface area contributed by atoms with Crippen molar-refractivity contribution in [2.75, 3.05) is 6.54 Å². The normalized spacial score (nSPS) is 27.0. The maximum Gasteiger partial charge on any atom is 0.0631 e. The van der Waals surface area contributed by atoms with Gasteiger partial charge in [-0.1, -0.05) is 20.8 Å². The van der Waals surface area contributed by atoms with Crippen LogP contribution < -0.4 is 5.32 Å². The van der Waals surface area contributed by atoms with E-state index in [4.69, 9.17) is 4.74 Å². The Hall–Kier alpha value is -0.0800. The third kappa shape index (κ3) is 4.97. The fraction of sp³-hybridized carbons (Fsp3) is 1.00. The molecule has 0 spiro atoms. The molecule has 0 amide bonds. The molecule has 0 aliphatic carbocycles. The van der Waals surface area contributed by atoms with E-state index in [1.807, 2.05) is 0 Å². The van der Waals surface area contributed by atoms with Crippen molar-refractivity contribution in [3.63, 3.8) is 0 Å². The highest BCUT2D eigenvalue weighted by Crippen LogP contribution is 2.33. The van der Waals surface area contributed by atoms with Gasteiger partial charge in [0, 0.05) is 6.04 Å². The highest BCUT2D eigenvalue weighted by atomic mass is 16.5. The topological polar surface area (TPSA) is 21.3 Å². The first-order valence-electron chi connectivity index (χ1n) is 7.39. The molecule has 2 nitrogen and oxygen atoms in total. The molecule has 1 fully saturated rings. The third-order valence-corrected chi connectivity index (χ3v) is 3.97. The van der Waals surface area contributed by atoms with Crippen LogP contribution in [0.15, 0.2) is 0 Å². The van der Waals surface area contributed by atoms with Crippen LogP contribution in [-0.4, -0.2) is 24.3 Å². The lowest BCUT2D eigenvalue weighted by Crippen LogP contribution is -2.36. The molecule has 102 valence electrons. The summed E-state index contributed by atoms with van der Waals surface area (Å²) in [6, 6.07) is 0.655. The standard InChI is InChI=1S/C15H31NO/c1-6-10-16-14(7-2)12(3)11-13-8-9-15(4,5)17-13/h12-14,16H,6-11H2,1-5H3. The van der Waals surface area contributed by atoms with Gasteiger partial charge in [0.2, 0.25) is 0 Å². The lowest BCUT2D eigenvalue weighted by atomic mass is 9.92. The van der Waals surface area contributed by atoms with Gasteiger partial charge in [-0.15, -0.1) is 0 Å². The van der Waals surface area contributed by atoms with Gasteiger partial charge in [-0.25, -0.2) is 0 Å². The first-order chi connectivity index (χ1) is 7.98. The Morgan fingerprint density at radius 1 is 1.35 bits per heavy atom. The maximum atomic E-state index is 6.09. The van der Waals surface area contributed by atoms with Crippen LogP contribution >= 0.6 is 0 Å². The molecule has 0 aromatic heterocycles. The predicted octanol–water partition coefficient (Wildman–Crippen LogP) is 3.75. The van der Waals surface area contributed by atoms with Crippen LogP contribution in [0.5, 0.6) is 0 Å². The molecule has 17 heavy (non-hydrogen) atoms. The summed E-state index contributed by atoms with van der Waals surface area (Å²) in [6.45, 7) is 12.4. The molecule has 0 aromatic rings. The lowest BCUT2D eigenvalue weighted by Gasteiger charge is -2.27. The summed E-state index contributed by atoms with van der Waals surface area (Å²) in [7, 11) is 0. The van der Waals surface area contributed by atoms with E-state index >= 15 is 0 Å². The van der Waals surface area contributed by atoms with Crippen molar-refractivity contribution in [3.05, 3.63) is 0 Å². The van der Waals surface area contributed by atoms with Crippen molar-refractivity contribution in [1.29, 1.82) is 0 Å². The summed E-state index contributed by atoms with van der Waals surface area (Å²) in [4.78, 5) is 0. The molecule has 0 saturated carbocycles. The van der Waals surface area contributed by atoms with Gasteiger partial charge in [0.15, 0.2) is 0 Å². The molecule has 0 bridgehead atoms. The fourth-order valence-electron chi connectivity index (χ4n) is 2.90. The molecule has 1 saturated heterocycles. The highest BCUT2D eigenvalue weighted by molar-refractivity contribution is 4.84. The van der Waals surface area contributed by atoms with Crippen LogP contribution in [0.4, 0.5) is 0 Å². The van der Waals surface area contributed by atoms with Crippen LogP contribution in [0.25, 0.3) is 0 Å². The van der Waals surface area contributed by atoms with E-state index in [0.717, 1.165) is 6.54 Å². The smallest absolute Gasteiger partial charge is 0.0631 e. The van der Waals surface area contributed by atoms with E-state index in [1.54, 1.807) is 0 Å². The molecule has 1 aliphatic rings. The molecule has 1 aliphatic heterocycles. The van der Waals surface area contributed by atoms with Crippen molar-refractivity contribution in [2.45, 2.75) is 84.5 Å². The number of hydrogen-bond donors (Lipinski definition) is 1. The number of nitrogens with one attached hydrogen (secondary N) is 1. The zero-order valence-electron chi connectivity index (χ0n) is 12.4. The van der Waals surface area contributed by atoms with E-state index in [1.165, 1.54) is 32.1 Å². The van der Waals surface area contributed by atoms with E-state index in [0.29, 0.717) is 18.1 Å². The minimum Gasteiger partial charge on any atom is -0.372 e. The van der Waals surface area contributed by atoms with Gasteiger partial charge in [-0.2, -0.15) is 0 Å². The molecule has 0 aromatic carbocycles. The third-order valence-electron chi connectivity index (χ3n) is 3.97. The van der Waals surface area contributed by atoms with Crippen LogP contribution in [0, 0.1) is 5.92 Å². The SMILES string of the molecule is CCCNC(CC)C(C)CC1CCC(C)(C)O1. The Kier molecular flexibility index (Phi) is 5.94. The molecule has 1 rings (SSSR count). The Balaban J connectivity index is 2.34. The largest absolute Gasteiger partial charge is 0.372 e. The molecule has 1 N–H and O–H groups in total. The summed E-state index contributed by atoms with van der Waals surface area (Å²) >= 11 is 0. The van der Waals surface area contributed by atoms with Gasteiger partial charge in [0.1, 0.15) is 0 Å². The Bertz CT molecular complexity index is 215. The molecule has 3 unspecified atom stereocenters. The predicted molar refractivity (Wildman–Crippen MR) is 74.3 cm³/mol. The monoisotopic (exact) mass is 241 g/mol. The second-order valence-corrected chi connectivity index (χ2v) is 6.22. The minimum absolute atomic E-state index is 0.114. The summed E-state index contributed by atoms with van der Waals surface area (Å²) in [5, 5.41) is 3.66. The summed E-state index contributed by atoms with van der Waals surface area (Å²) in [6.07, 6.45) is 6.58. The van der Waals surface area contributed by atoms with Crippen molar-refractivity contribution >= 4 is 0 Å². The van der Waals surface area contributed by atoms with Crippen molar-refractivity contribution < 1.29 is 4.74 Å². The first kappa shape index (κ1) is 15.0. The molecule has 3 atom stereocenters. The van der Waals surface area contributed by atoms with Gasteiger partial charge in [0.25, 0.3) is 0 Å². The van der Waals surface area contributed by atoms with Gasteiger partial charge in [0.05, 0.1) is 11.7 Å². The lowest BCUT2D eigenvalue weighted by molar-refractivity contribution is -0.0256. The zero-order valence-corrected chi connectivity index (χ0v) is 12.4. The average Bonchev–Trinajstić information content (AvgIpc) is 2.59. The van der Waals surface area contributed by atoms with Crippen LogP contribution in [0.3, 0.4) is 0 Å². The number of rotatable bonds is 7. The second kappa shape index (κ2) is 6.75. The first-order valence-corrected chi connectivity index (χ1v) is 7.39. The molecular weight excluding hydrogens is 210 g/mol. The van der Waals surface area contributed by atoms with E-state index in [9.17, 15) is 0 Å². The Morgan fingerprint density at radius 3 is 2.53 bits per heavy atom. The summed E-state index contributed by atoms with van der Waals surface area (Å²) in [5.41, 5.74) is 0.114. The van der Waals surface area contributed by atoms with E-state index in [2.05, 4.69) is 39.9 Å². The van der Waals surface area contributed by atoms with Crippen molar-refractivity contribution in [1.82, 2.24) is 5.32 Å². The molecular formula is C15H31NO. The number of hydrogen-bond acceptors (Lipinski definition) is 2. The summed E-state index contributed by atoms with van der Waals surface area (Å²) in [5.74, 6) is 0.713. The Labute approximate surface area is 108 Å². The van der Waals surface area contributed by atoms with Crippen LogP contribution in [-0.2, 0) is 4.74 Å². The zero-order chi connectivity index (χ0) is 12.9. The van der Waals surface area contributed by atoms with E-state index in [-0.39, 0.29) is 5.60 Å². The highest BCUT2D eigenvalue weighted by Gasteiger charge is 2.33. The van der Waals surface area contributed by atoms with Gasteiger partial charge in [-0.05, 0) is 58.4 Å². The summed E-state index contributed by atoms with van der Waals surface area (Å²) < 4.78 is 6.09. The minimum atomic E-state index is 0.114. The van der Waals surface area contributed by atoms with Gasteiger partial charge in [-0.3, -0.25) is 0 Å². The second-order valence-electron chi connectivity index (χ2n) is 6.22. The Morgan fingerprint density at radius 2 is 2.06 bits per heavy atom. The van der Waals surface area contributed by atoms with Crippen molar-refractivity contribution in [3.8, 4) is 0 Å². The quantitative estimate of drug-likeness (QED) is 0.733. The fourth-order valence-corrected chi connectivity index (χ4v) is 2.90. The molecule has 2 heteroatoms. The maximum absolute atomic E-state index is 6.09. The van der Waals surface area contributed by atoms with Crippen molar-refractivity contribution in [2.24, 2.45) is 5.92 Å². The van der Waals surface area contributed by atoms with Gasteiger partial charge < -0.3 is 10.1 Å². The van der Waals surface area contributed by atoms with E-state index < -0.39 is 0 Å². The number of ether oxygens (including phenoxy) is 1. The molecule has 1 heterocycles. The van der Waals surface area contributed by atoms with Crippen LogP contribution in [0.2, 0.25) is 0 Å². The average molecular weight is 241 g/mol. The van der Waals surface area contributed by atoms with Gasteiger partial charge >= 0.3 is 0 Å². The molecule has 0 radical (unpaired) electrons.